The number of aliphatic carboxylic acids is 1. The number of carboxylic acid groups (broad SMARTS) is 1. The molecular weight excluding hydrogens is 284 g/mol. The van der Waals surface area contributed by atoms with Crippen LogP contribution in [0.2, 0.25) is 0 Å². The Bertz CT molecular complexity index is 328. The Labute approximate surface area is 122 Å². The van der Waals surface area contributed by atoms with Crippen molar-refractivity contribution in [3.63, 3.8) is 0 Å². The van der Waals surface area contributed by atoms with E-state index in [2.05, 4.69) is 5.32 Å². The molecule has 0 spiro atoms. The molecule has 2 N–H and O–H groups in total. The molecule has 1 rings (SSSR count). The van der Waals surface area contributed by atoms with E-state index in [9.17, 15) is 14.7 Å². The summed E-state index contributed by atoms with van der Waals surface area (Å²) in [6.07, 6.45) is 3.68. The van der Waals surface area contributed by atoms with E-state index in [1.54, 1.807) is 23.5 Å². The van der Waals surface area contributed by atoms with Gasteiger partial charge in [-0.25, -0.2) is 9.59 Å². The number of hydrogen-bond donors (Lipinski definition) is 2. The van der Waals surface area contributed by atoms with Crippen molar-refractivity contribution in [1.82, 2.24) is 10.2 Å². The van der Waals surface area contributed by atoms with Gasteiger partial charge in [0.05, 0.1) is 5.37 Å². The number of carbonyl (C=O) groups is 2. The number of rotatable bonds is 6. The summed E-state index contributed by atoms with van der Waals surface area (Å²) in [5.74, 6) is 0.534. The maximum absolute atomic E-state index is 12.2. The number of urea groups is 1. The molecule has 0 radical (unpaired) electrons. The number of hydrogen-bond acceptors (Lipinski definition) is 4. The maximum atomic E-state index is 12.2. The zero-order valence-corrected chi connectivity index (χ0v) is 13.2. The third kappa shape index (κ3) is 4.49. The van der Waals surface area contributed by atoms with Gasteiger partial charge in [0.15, 0.2) is 0 Å². The second kappa shape index (κ2) is 7.89. The largest absolute Gasteiger partial charge is 0.480 e. The molecule has 1 saturated heterocycles. The van der Waals surface area contributed by atoms with Crippen molar-refractivity contribution >= 4 is 35.5 Å². The first-order valence-electron chi connectivity index (χ1n) is 6.43. The summed E-state index contributed by atoms with van der Waals surface area (Å²) in [6, 6.07) is -0.891. The molecule has 19 heavy (non-hydrogen) atoms. The highest BCUT2D eigenvalue weighted by Gasteiger charge is 2.40. The van der Waals surface area contributed by atoms with Crippen LogP contribution < -0.4 is 5.32 Å². The summed E-state index contributed by atoms with van der Waals surface area (Å²) in [6.45, 7) is 3.92. The van der Waals surface area contributed by atoms with E-state index in [-0.39, 0.29) is 17.4 Å². The quantitative estimate of drug-likeness (QED) is 0.786. The average molecular weight is 306 g/mol. The lowest BCUT2D eigenvalue weighted by Gasteiger charge is -2.28. The van der Waals surface area contributed by atoms with Crippen molar-refractivity contribution in [3.8, 4) is 0 Å². The van der Waals surface area contributed by atoms with Gasteiger partial charge in [-0.05, 0) is 31.8 Å². The molecule has 1 fully saturated rings. The molecule has 7 heteroatoms. The smallest absolute Gasteiger partial charge is 0.327 e. The predicted octanol–water partition coefficient (Wildman–Crippen LogP) is 2.08. The molecule has 2 amide bonds. The van der Waals surface area contributed by atoms with Gasteiger partial charge in [-0.3, -0.25) is 4.90 Å². The Kier molecular flexibility index (Phi) is 6.85. The number of amides is 2. The number of thioether (sulfide) groups is 2. The van der Waals surface area contributed by atoms with E-state index >= 15 is 0 Å². The Morgan fingerprint density at radius 1 is 1.58 bits per heavy atom. The van der Waals surface area contributed by atoms with Gasteiger partial charge in [-0.1, -0.05) is 6.92 Å². The van der Waals surface area contributed by atoms with Crippen LogP contribution in [0.1, 0.15) is 26.7 Å². The van der Waals surface area contributed by atoms with Crippen molar-refractivity contribution in [2.24, 2.45) is 0 Å². The van der Waals surface area contributed by atoms with Crippen molar-refractivity contribution < 1.29 is 14.7 Å². The highest BCUT2D eigenvalue weighted by atomic mass is 32.2. The summed E-state index contributed by atoms with van der Waals surface area (Å²) in [5, 5.41) is 12.1. The monoisotopic (exact) mass is 306 g/mol. The summed E-state index contributed by atoms with van der Waals surface area (Å²) >= 11 is 3.28. The lowest BCUT2D eigenvalue weighted by molar-refractivity contribution is -0.141. The molecule has 0 aromatic rings. The van der Waals surface area contributed by atoms with Gasteiger partial charge in [0.1, 0.15) is 6.04 Å². The van der Waals surface area contributed by atoms with E-state index in [0.717, 1.165) is 18.6 Å². The topological polar surface area (TPSA) is 69.6 Å². The summed E-state index contributed by atoms with van der Waals surface area (Å²) in [4.78, 5) is 24.9. The molecule has 3 unspecified atom stereocenters. The Morgan fingerprint density at radius 3 is 2.79 bits per heavy atom. The van der Waals surface area contributed by atoms with Crippen LogP contribution in [-0.4, -0.2) is 57.2 Å². The lowest BCUT2D eigenvalue weighted by atomic mass is 10.2. The second-order valence-electron chi connectivity index (χ2n) is 4.59. The van der Waals surface area contributed by atoms with Crippen molar-refractivity contribution in [2.75, 3.05) is 17.8 Å². The van der Waals surface area contributed by atoms with E-state index in [4.69, 9.17) is 0 Å². The van der Waals surface area contributed by atoms with Crippen LogP contribution in [0.25, 0.3) is 0 Å². The molecule has 5 nitrogen and oxygen atoms in total. The highest BCUT2D eigenvalue weighted by Crippen LogP contribution is 2.31. The molecule has 1 heterocycles. The van der Waals surface area contributed by atoms with Gasteiger partial charge in [0.2, 0.25) is 0 Å². The predicted molar refractivity (Wildman–Crippen MR) is 80.8 cm³/mol. The van der Waals surface area contributed by atoms with Crippen molar-refractivity contribution in [1.29, 1.82) is 0 Å². The number of nitrogens with one attached hydrogen (secondary N) is 1. The summed E-state index contributed by atoms with van der Waals surface area (Å²) in [5.41, 5.74) is 0. The van der Waals surface area contributed by atoms with Crippen LogP contribution in [0.5, 0.6) is 0 Å². The fourth-order valence-corrected chi connectivity index (χ4v) is 3.93. The van der Waals surface area contributed by atoms with E-state index < -0.39 is 12.0 Å². The van der Waals surface area contributed by atoms with Crippen LogP contribution >= 0.6 is 23.5 Å². The lowest BCUT2D eigenvalue weighted by Crippen LogP contribution is -2.52. The van der Waals surface area contributed by atoms with E-state index in [1.165, 1.54) is 4.90 Å². The first-order chi connectivity index (χ1) is 9.01. The normalized spacial score (nSPS) is 24.3. The highest BCUT2D eigenvalue weighted by molar-refractivity contribution is 8.00. The van der Waals surface area contributed by atoms with Gasteiger partial charge < -0.3 is 10.4 Å². The zero-order valence-electron chi connectivity index (χ0n) is 11.6. The van der Waals surface area contributed by atoms with Crippen molar-refractivity contribution in [3.05, 3.63) is 0 Å². The van der Waals surface area contributed by atoms with Crippen LogP contribution in [0.15, 0.2) is 0 Å². The van der Waals surface area contributed by atoms with Gasteiger partial charge in [-0.2, -0.15) is 11.8 Å². The average Bonchev–Trinajstić information content (AvgIpc) is 2.80. The molecule has 1 aliphatic rings. The molecule has 0 saturated carbocycles. The van der Waals surface area contributed by atoms with E-state index in [1.807, 2.05) is 20.1 Å². The molecule has 0 bridgehead atoms. The number of nitrogens with zero attached hydrogens (tertiary/aromatic N) is 1. The zero-order chi connectivity index (χ0) is 14.4. The maximum Gasteiger partial charge on any atom is 0.327 e. The van der Waals surface area contributed by atoms with Crippen LogP contribution in [0, 0.1) is 0 Å². The molecule has 0 aromatic carbocycles. The van der Waals surface area contributed by atoms with Crippen LogP contribution in [-0.2, 0) is 4.79 Å². The summed E-state index contributed by atoms with van der Waals surface area (Å²) < 4.78 is 0. The fraction of sp³-hybridized carbons (Fsp3) is 0.833. The van der Waals surface area contributed by atoms with Gasteiger partial charge in [0, 0.05) is 11.8 Å². The van der Waals surface area contributed by atoms with Gasteiger partial charge >= 0.3 is 12.0 Å². The van der Waals surface area contributed by atoms with Crippen LogP contribution in [0.4, 0.5) is 4.79 Å². The molecule has 0 aliphatic carbocycles. The molecule has 3 atom stereocenters. The molecule has 1 aliphatic heterocycles. The Balaban J connectivity index is 2.62. The molecule has 110 valence electrons. The first-order valence-corrected chi connectivity index (χ1v) is 8.87. The van der Waals surface area contributed by atoms with Gasteiger partial charge in [0.25, 0.3) is 0 Å². The number of carboxylic acids is 1. The standard InChI is InChI=1S/C12H22N2O3S2/c1-4-10-14(9(7-19-10)11(15)16)12(17)13-8(2)5-6-18-3/h8-10H,4-7H2,1-3H3,(H,13,17)(H,15,16). The minimum absolute atomic E-state index is 0.0335. The minimum atomic E-state index is -0.921. The third-order valence-corrected chi connectivity index (χ3v) is 5.18. The van der Waals surface area contributed by atoms with Crippen molar-refractivity contribution in [2.45, 2.75) is 44.1 Å². The first kappa shape index (κ1) is 16.5. The number of carbonyl (C=O) groups excluding carboxylic acids is 1. The minimum Gasteiger partial charge on any atom is -0.480 e. The second-order valence-corrected chi connectivity index (χ2v) is 6.79. The SMILES string of the molecule is CCC1SCC(C(=O)O)N1C(=O)NC(C)CCSC. The van der Waals surface area contributed by atoms with E-state index in [0.29, 0.717) is 5.75 Å². The molecular formula is C12H22N2O3S2. The Morgan fingerprint density at radius 2 is 2.26 bits per heavy atom. The third-order valence-electron chi connectivity index (χ3n) is 3.09. The van der Waals surface area contributed by atoms with Crippen LogP contribution in [0.3, 0.4) is 0 Å². The summed E-state index contributed by atoms with van der Waals surface area (Å²) in [7, 11) is 0. The van der Waals surface area contributed by atoms with Gasteiger partial charge in [-0.15, -0.1) is 11.8 Å². The Hall–Kier alpha value is -0.560. The fourth-order valence-electron chi connectivity index (χ4n) is 1.99. The molecule has 0 aromatic heterocycles.